The molecule has 12 heavy (non-hydrogen) atoms. The van der Waals surface area contributed by atoms with Crippen LogP contribution < -0.4 is 0 Å². The lowest BCUT2D eigenvalue weighted by atomic mass is 9.93. The minimum Gasteiger partial charge on any atom is -0.295 e. The number of aromatic nitrogens is 4. The van der Waals surface area contributed by atoms with Gasteiger partial charge in [0, 0.05) is 17.2 Å². The molecule has 0 fully saturated rings. The quantitative estimate of drug-likeness (QED) is 0.639. The summed E-state index contributed by atoms with van der Waals surface area (Å²) in [6, 6.07) is 2.02. The molecule has 0 saturated carbocycles. The van der Waals surface area contributed by atoms with Crippen molar-refractivity contribution in [2.24, 2.45) is 0 Å². The number of nitrogens with zero attached hydrogens (tertiary/aromatic N) is 3. The van der Waals surface area contributed by atoms with Gasteiger partial charge in [-0.2, -0.15) is 0 Å². The molecule has 0 aliphatic carbocycles. The zero-order valence-electron chi connectivity index (χ0n) is 7.50. The van der Waals surface area contributed by atoms with Gasteiger partial charge in [-0.3, -0.25) is 5.10 Å². The van der Waals surface area contributed by atoms with E-state index in [0.29, 0.717) is 0 Å². The maximum absolute atomic E-state index is 3.93. The Labute approximate surface area is 70.6 Å². The molecule has 0 saturated heterocycles. The van der Waals surface area contributed by atoms with E-state index in [1.165, 1.54) is 5.69 Å². The maximum Gasteiger partial charge on any atom is 0.177 e. The van der Waals surface area contributed by atoms with E-state index in [0.717, 1.165) is 5.65 Å². The van der Waals surface area contributed by atoms with E-state index in [-0.39, 0.29) is 5.41 Å². The van der Waals surface area contributed by atoms with E-state index in [9.17, 15) is 0 Å². The Bertz CT molecular complexity index is 362. The highest BCUT2D eigenvalue weighted by molar-refractivity contribution is 5.39. The lowest BCUT2D eigenvalue weighted by Gasteiger charge is -2.14. The van der Waals surface area contributed by atoms with E-state index in [2.05, 4.69) is 36.1 Å². The standard InChI is InChI=1S/C8H12N4/c1-8(2,3)6-4-7-10-9-5-12(7)11-6/h4-5,11H,1-3H3. The summed E-state index contributed by atoms with van der Waals surface area (Å²) in [6.07, 6.45) is 1.67. The number of rotatable bonds is 0. The number of nitrogens with one attached hydrogen (secondary N) is 1. The molecule has 0 bridgehead atoms. The van der Waals surface area contributed by atoms with Crippen LogP contribution in [0.2, 0.25) is 0 Å². The van der Waals surface area contributed by atoms with E-state index < -0.39 is 0 Å². The predicted molar refractivity (Wildman–Crippen MR) is 46.0 cm³/mol. The molecule has 0 atom stereocenters. The maximum atomic E-state index is 3.93. The van der Waals surface area contributed by atoms with Crippen molar-refractivity contribution in [2.75, 3.05) is 0 Å². The summed E-state index contributed by atoms with van der Waals surface area (Å²) >= 11 is 0. The number of fused-ring (bicyclic) bond motifs is 1. The van der Waals surface area contributed by atoms with Crippen molar-refractivity contribution >= 4 is 5.65 Å². The molecule has 0 unspecified atom stereocenters. The van der Waals surface area contributed by atoms with E-state index in [4.69, 9.17) is 0 Å². The first-order valence-corrected chi connectivity index (χ1v) is 3.96. The van der Waals surface area contributed by atoms with E-state index >= 15 is 0 Å². The molecule has 0 spiro atoms. The molecule has 1 N–H and O–H groups in total. The van der Waals surface area contributed by atoms with Crippen LogP contribution in [0.25, 0.3) is 5.65 Å². The van der Waals surface area contributed by atoms with Gasteiger partial charge in [-0.15, -0.1) is 10.2 Å². The van der Waals surface area contributed by atoms with Crippen LogP contribution >= 0.6 is 0 Å². The van der Waals surface area contributed by atoms with E-state index in [1.807, 2.05) is 10.6 Å². The fraction of sp³-hybridized carbons (Fsp3) is 0.500. The Kier molecular flexibility index (Phi) is 1.28. The Hall–Kier alpha value is -1.32. The van der Waals surface area contributed by atoms with Crippen molar-refractivity contribution in [1.29, 1.82) is 0 Å². The van der Waals surface area contributed by atoms with Crippen LogP contribution in [0.3, 0.4) is 0 Å². The highest BCUT2D eigenvalue weighted by Gasteiger charge is 2.16. The normalized spacial score (nSPS) is 12.6. The molecule has 0 radical (unpaired) electrons. The highest BCUT2D eigenvalue weighted by atomic mass is 15.3. The van der Waals surface area contributed by atoms with Gasteiger partial charge in [0.05, 0.1) is 0 Å². The van der Waals surface area contributed by atoms with E-state index in [1.54, 1.807) is 6.33 Å². The summed E-state index contributed by atoms with van der Waals surface area (Å²) in [6.45, 7) is 6.48. The third-order valence-corrected chi connectivity index (χ3v) is 1.90. The lowest BCUT2D eigenvalue weighted by molar-refractivity contribution is 0.562. The topological polar surface area (TPSA) is 46.0 Å². The third-order valence-electron chi connectivity index (χ3n) is 1.90. The second-order valence-corrected chi connectivity index (χ2v) is 3.98. The van der Waals surface area contributed by atoms with Crippen LogP contribution in [0.4, 0.5) is 0 Å². The molecule has 0 aliphatic heterocycles. The largest absolute Gasteiger partial charge is 0.295 e. The molecule has 4 nitrogen and oxygen atoms in total. The Morgan fingerprint density at radius 3 is 2.75 bits per heavy atom. The van der Waals surface area contributed by atoms with Crippen molar-refractivity contribution in [3.63, 3.8) is 0 Å². The molecule has 2 rings (SSSR count). The summed E-state index contributed by atoms with van der Waals surface area (Å²) in [5.41, 5.74) is 2.19. The molecular weight excluding hydrogens is 152 g/mol. The SMILES string of the molecule is CC(C)(C)c1cc2nncn2[nH]1. The Morgan fingerprint density at radius 1 is 1.42 bits per heavy atom. The van der Waals surface area contributed by atoms with Gasteiger partial charge in [0.15, 0.2) is 5.65 Å². The summed E-state index contributed by atoms with van der Waals surface area (Å²) in [5, 5.41) is 10.9. The smallest absolute Gasteiger partial charge is 0.177 e. The first-order valence-electron chi connectivity index (χ1n) is 3.96. The first kappa shape index (κ1) is 7.34. The minimum absolute atomic E-state index is 0.140. The molecule has 2 heterocycles. The van der Waals surface area contributed by atoms with Gasteiger partial charge >= 0.3 is 0 Å². The molecule has 2 aromatic heterocycles. The third kappa shape index (κ3) is 0.995. The summed E-state index contributed by atoms with van der Waals surface area (Å²) in [4.78, 5) is 0. The number of hydrogen-bond acceptors (Lipinski definition) is 2. The van der Waals surface area contributed by atoms with Crippen LogP contribution in [-0.2, 0) is 5.41 Å². The molecule has 0 aliphatic rings. The summed E-state index contributed by atoms with van der Waals surface area (Å²) < 4.78 is 1.82. The average molecular weight is 164 g/mol. The Morgan fingerprint density at radius 2 is 2.17 bits per heavy atom. The van der Waals surface area contributed by atoms with Crippen LogP contribution in [-0.4, -0.2) is 19.8 Å². The zero-order chi connectivity index (χ0) is 8.77. The van der Waals surface area contributed by atoms with Gasteiger partial charge in [-0.1, -0.05) is 20.8 Å². The molecule has 0 amide bonds. The van der Waals surface area contributed by atoms with Gasteiger partial charge in [-0.05, 0) is 0 Å². The van der Waals surface area contributed by atoms with Crippen LogP contribution in [0.1, 0.15) is 26.5 Å². The predicted octanol–water partition coefficient (Wildman–Crippen LogP) is 1.35. The molecule has 2 aromatic rings. The minimum atomic E-state index is 0.140. The van der Waals surface area contributed by atoms with Crippen molar-refractivity contribution in [2.45, 2.75) is 26.2 Å². The van der Waals surface area contributed by atoms with Crippen molar-refractivity contribution in [1.82, 2.24) is 19.8 Å². The summed E-state index contributed by atoms with van der Waals surface area (Å²) in [5.74, 6) is 0. The van der Waals surface area contributed by atoms with Gasteiger partial charge in [0.2, 0.25) is 0 Å². The second kappa shape index (κ2) is 2.09. The van der Waals surface area contributed by atoms with Gasteiger partial charge in [-0.25, -0.2) is 4.52 Å². The molecule has 64 valence electrons. The van der Waals surface area contributed by atoms with Crippen molar-refractivity contribution < 1.29 is 0 Å². The highest BCUT2D eigenvalue weighted by Crippen LogP contribution is 2.20. The van der Waals surface area contributed by atoms with Gasteiger partial charge < -0.3 is 0 Å². The monoisotopic (exact) mass is 164 g/mol. The molecular formula is C8H12N4. The molecule has 0 aromatic carbocycles. The van der Waals surface area contributed by atoms with Crippen LogP contribution in [0.15, 0.2) is 12.4 Å². The van der Waals surface area contributed by atoms with Crippen LogP contribution in [0, 0.1) is 0 Å². The lowest BCUT2D eigenvalue weighted by Crippen LogP contribution is -2.11. The first-order chi connectivity index (χ1) is 5.57. The van der Waals surface area contributed by atoms with Crippen molar-refractivity contribution in [3.05, 3.63) is 18.1 Å². The van der Waals surface area contributed by atoms with Crippen molar-refractivity contribution in [3.8, 4) is 0 Å². The van der Waals surface area contributed by atoms with Crippen LogP contribution in [0.5, 0.6) is 0 Å². The number of aromatic amines is 1. The Balaban J connectivity index is 2.59. The number of H-pyrrole nitrogens is 1. The fourth-order valence-electron chi connectivity index (χ4n) is 1.10. The fourth-order valence-corrected chi connectivity index (χ4v) is 1.10. The summed E-state index contributed by atoms with van der Waals surface area (Å²) in [7, 11) is 0. The average Bonchev–Trinajstić information content (AvgIpc) is 2.37. The number of hydrogen-bond donors (Lipinski definition) is 1. The van der Waals surface area contributed by atoms with Gasteiger partial charge in [0.1, 0.15) is 6.33 Å². The molecule has 4 heteroatoms. The van der Waals surface area contributed by atoms with Gasteiger partial charge in [0.25, 0.3) is 0 Å². The second-order valence-electron chi connectivity index (χ2n) is 3.98. The zero-order valence-corrected chi connectivity index (χ0v) is 7.50.